The van der Waals surface area contributed by atoms with Gasteiger partial charge in [-0.05, 0) is 32.9 Å². The normalized spacial score (nSPS) is 32.2. The Morgan fingerprint density at radius 3 is 3.00 bits per heavy atom. The monoisotopic (exact) mass is 159 g/mol. The van der Waals surface area contributed by atoms with Crippen LogP contribution in [0.4, 0.5) is 0 Å². The van der Waals surface area contributed by atoms with Crippen molar-refractivity contribution < 1.29 is 9.84 Å². The molecule has 1 fully saturated rings. The van der Waals surface area contributed by atoms with Crippen LogP contribution in [0.5, 0.6) is 0 Å². The smallest absolute Gasteiger partial charge is 0.0893 e. The van der Waals surface area contributed by atoms with E-state index in [1.54, 1.807) is 0 Å². The van der Waals surface area contributed by atoms with Crippen molar-refractivity contribution in [3.63, 3.8) is 0 Å². The van der Waals surface area contributed by atoms with Gasteiger partial charge in [-0.2, -0.15) is 0 Å². The van der Waals surface area contributed by atoms with Crippen molar-refractivity contribution >= 4 is 0 Å². The number of hydrogen-bond donors (Lipinski definition) is 2. The third kappa shape index (κ3) is 2.77. The zero-order valence-electron chi connectivity index (χ0n) is 7.10. The predicted molar refractivity (Wildman–Crippen MR) is 43.5 cm³/mol. The fraction of sp³-hybridized carbons (Fsp3) is 1.00. The third-order valence-corrected chi connectivity index (χ3v) is 2.14. The first-order valence-corrected chi connectivity index (χ1v) is 4.22. The molecule has 0 saturated carbocycles. The minimum Gasteiger partial charge on any atom is -0.387 e. The zero-order valence-corrected chi connectivity index (χ0v) is 7.10. The summed E-state index contributed by atoms with van der Waals surface area (Å²) in [4.78, 5) is 0. The molecule has 66 valence electrons. The molecular weight excluding hydrogens is 142 g/mol. The van der Waals surface area contributed by atoms with Crippen LogP contribution in [0.2, 0.25) is 0 Å². The molecule has 11 heavy (non-hydrogen) atoms. The van der Waals surface area contributed by atoms with E-state index in [0.29, 0.717) is 6.61 Å². The Morgan fingerprint density at radius 1 is 1.64 bits per heavy atom. The van der Waals surface area contributed by atoms with Gasteiger partial charge in [0.2, 0.25) is 0 Å². The van der Waals surface area contributed by atoms with Gasteiger partial charge in [0.05, 0.1) is 12.2 Å². The standard InChI is InChI=1S/C8H17NO2/c1-9-5-4-8(10)3-2-6-11-7-8/h9-10H,2-7H2,1H3. The van der Waals surface area contributed by atoms with Crippen molar-refractivity contribution in [2.75, 3.05) is 26.8 Å². The van der Waals surface area contributed by atoms with Gasteiger partial charge in [-0.15, -0.1) is 0 Å². The van der Waals surface area contributed by atoms with Gasteiger partial charge < -0.3 is 15.2 Å². The fourth-order valence-corrected chi connectivity index (χ4v) is 1.39. The van der Waals surface area contributed by atoms with Crippen LogP contribution in [-0.4, -0.2) is 37.5 Å². The predicted octanol–water partition coefficient (Wildman–Crippen LogP) is 0.137. The van der Waals surface area contributed by atoms with Crippen molar-refractivity contribution in [3.8, 4) is 0 Å². The van der Waals surface area contributed by atoms with Crippen LogP contribution in [0.25, 0.3) is 0 Å². The molecule has 2 N–H and O–H groups in total. The van der Waals surface area contributed by atoms with Gasteiger partial charge in [-0.3, -0.25) is 0 Å². The Morgan fingerprint density at radius 2 is 2.45 bits per heavy atom. The maximum Gasteiger partial charge on any atom is 0.0893 e. The lowest BCUT2D eigenvalue weighted by molar-refractivity contribution is -0.0888. The Balaban J connectivity index is 2.25. The molecule has 1 aliphatic heterocycles. The Kier molecular flexibility index (Phi) is 3.30. The first kappa shape index (κ1) is 8.97. The summed E-state index contributed by atoms with van der Waals surface area (Å²) in [5.41, 5.74) is -0.554. The van der Waals surface area contributed by atoms with Crippen LogP contribution in [0.15, 0.2) is 0 Å². The molecule has 1 atom stereocenters. The van der Waals surface area contributed by atoms with Crippen molar-refractivity contribution in [1.82, 2.24) is 5.32 Å². The average molecular weight is 159 g/mol. The summed E-state index contributed by atoms with van der Waals surface area (Å²) in [5, 5.41) is 12.9. The highest BCUT2D eigenvalue weighted by atomic mass is 16.5. The van der Waals surface area contributed by atoms with Gasteiger partial charge >= 0.3 is 0 Å². The van der Waals surface area contributed by atoms with Crippen LogP contribution < -0.4 is 5.32 Å². The second kappa shape index (κ2) is 4.04. The highest BCUT2D eigenvalue weighted by Gasteiger charge is 2.28. The fourth-order valence-electron chi connectivity index (χ4n) is 1.39. The maximum atomic E-state index is 9.84. The molecule has 0 aromatic carbocycles. The second-order valence-corrected chi connectivity index (χ2v) is 3.23. The molecule has 0 radical (unpaired) electrons. The molecule has 1 rings (SSSR count). The van der Waals surface area contributed by atoms with Crippen LogP contribution in [0, 0.1) is 0 Å². The van der Waals surface area contributed by atoms with Gasteiger partial charge in [0.15, 0.2) is 0 Å². The molecule has 1 unspecified atom stereocenters. The summed E-state index contributed by atoms with van der Waals surface area (Å²) in [5.74, 6) is 0. The first-order chi connectivity index (χ1) is 5.27. The van der Waals surface area contributed by atoms with E-state index in [4.69, 9.17) is 4.74 Å². The van der Waals surface area contributed by atoms with E-state index in [2.05, 4.69) is 5.32 Å². The molecule has 1 aliphatic rings. The number of aliphatic hydroxyl groups is 1. The SMILES string of the molecule is CNCCC1(O)CCCOC1. The minimum absolute atomic E-state index is 0.509. The van der Waals surface area contributed by atoms with E-state index in [1.165, 1.54) is 0 Å². The summed E-state index contributed by atoms with van der Waals surface area (Å²) in [7, 11) is 1.90. The van der Waals surface area contributed by atoms with Crippen molar-refractivity contribution in [2.24, 2.45) is 0 Å². The molecule has 0 aromatic rings. The number of ether oxygens (including phenoxy) is 1. The molecule has 0 aromatic heterocycles. The summed E-state index contributed by atoms with van der Waals surface area (Å²) in [6.07, 6.45) is 2.67. The van der Waals surface area contributed by atoms with Crippen molar-refractivity contribution in [1.29, 1.82) is 0 Å². The van der Waals surface area contributed by atoms with E-state index < -0.39 is 5.60 Å². The van der Waals surface area contributed by atoms with Gasteiger partial charge in [-0.1, -0.05) is 0 Å². The Bertz CT molecular complexity index is 111. The molecule has 0 aliphatic carbocycles. The summed E-state index contributed by atoms with van der Waals surface area (Å²) >= 11 is 0. The lowest BCUT2D eigenvalue weighted by Crippen LogP contribution is -2.40. The average Bonchev–Trinajstić information content (AvgIpc) is 2.03. The van der Waals surface area contributed by atoms with E-state index >= 15 is 0 Å². The van der Waals surface area contributed by atoms with Gasteiger partial charge in [0, 0.05) is 6.61 Å². The highest BCUT2D eigenvalue weighted by Crippen LogP contribution is 2.21. The number of rotatable bonds is 3. The van der Waals surface area contributed by atoms with E-state index in [0.717, 1.165) is 32.4 Å². The number of hydrogen-bond acceptors (Lipinski definition) is 3. The van der Waals surface area contributed by atoms with Crippen LogP contribution in [0.3, 0.4) is 0 Å². The van der Waals surface area contributed by atoms with Crippen LogP contribution >= 0.6 is 0 Å². The maximum absolute atomic E-state index is 9.84. The van der Waals surface area contributed by atoms with E-state index in [1.807, 2.05) is 7.05 Å². The molecule has 1 saturated heterocycles. The van der Waals surface area contributed by atoms with Crippen molar-refractivity contribution in [3.05, 3.63) is 0 Å². The zero-order chi connectivity index (χ0) is 8.16. The third-order valence-electron chi connectivity index (χ3n) is 2.14. The van der Waals surface area contributed by atoms with Gasteiger partial charge in [0.1, 0.15) is 0 Å². The Hall–Kier alpha value is -0.120. The molecular formula is C8H17NO2. The second-order valence-electron chi connectivity index (χ2n) is 3.23. The quantitative estimate of drug-likeness (QED) is 0.615. The van der Waals surface area contributed by atoms with Crippen LogP contribution in [0.1, 0.15) is 19.3 Å². The summed E-state index contributed by atoms with van der Waals surface area (Å²) in [6.45, 7) is 2.18. The molecule has 3 heteroatoms. The van der Waals surface area contributed by atoms with E-state index in [9.17, 15) is 5.11 Å². The molecule has 3 nitrogen and oxygen atoms in total. The van der Waals surface area contributed by atoms with Crippen LogP contribution in [-0.2, 0) is 4.74 Å². The summed E-state index contributed by atoms with van der Waals surface area (Å²) < 4.78 is 5.20. The van der Waals surface area contributed by atoms with Crippen molar-refractivity contribution in [2.45, 2.75) is 24.9 Å². The van der Waals surface area contributed by atoms with E-state index in [-0.39, 0.29) is 0 Å². The number of nitrogens with one attached hydrogen (secondary N) is 1. The lowest BCUT2D eigenvalue weighted by atomic mass is 9.93. The Labute approximate surface area is 67.7 Å². The lowest BCUT2D eigenvalue weighted by Gasteiger charge is -2.31. The highest BCUT2D eigenvalue weighted by molar-refractivity contribution is 4.81. The van der Waals surface area contributed by atoms with Gasteiger partial charge in [0.25, 0.3) is 0 Å². The molecule has 0 spiro atoms. The summed E-state index contributed by atoms with van der Waals surface area (Å²) in [6, 6.07) is 0. The largest absolute Gasteiger partial charge is 0.387 e. The molecule has 0 amide bonds. The first-order valence-electron chi connectivity index (χ1n) is 4.22. The van der Waals surface area contributed by atoms with Gasteiger partial charge in [-0.25, -0.2) is 0 Å². The molecule has 1 heterocycles. The minimum atomic E-state index is -0.554. The molecule has 0 bridgehead atoms. The topological polar surface area (TPSA) is 41.5 Å².